The van der Waals surface area contributed by atoms with E-state index in [9.17, 15) is 0 Å². The van der Waals surface area contributed by atoms with Crippen LogP contribution in [0.3, 0.4) is 0 Å². The first-order chi connectivity index (χ1) is 7.75. The Morgan fingerprint density at radius 2 is 1.88 bits per heavy atom. The lowest BCUT2D eigenvalue weighted by Gasteiger charge is -2.03. The van der Waals surface area contributed by atoms with E-state index in [0.717, 1.165) is 5.88 Å². The molecule has 0 aliphatic carbocycles. The predicted octanol–water partition coefficient (Wildman–Crippen LogP) is 2.69. The SMILES string of the molecule is C[n+]1ccccc1OCc1ccc(I)cc1. The minimum absolute atomic E-state index is 0.606. The van der Waals surface area contributed by atoms with Gasteiger partial charge in [-0.3, -0.25) is 0 Å². The van der Waals surface area contributed by atoms with E-state index in [2.05, 4.69) is 46.9 Å². The van der Waals surface area contributed by atoms with Crippen LogP contribution in [0.5, 0.6) is 5.88 Å². The Hall–Kier alpha value is -1.10. The van der Waals surface area contributed by atoms with Crippen molar-refractivity contribution in [2.45, 2.75) is 6.61 Å². The van der Waals surface area contributed by atoms with Gasteiger partial charge in [0, 0.05) is 9.64 Å². The van der Waals surface area contributed by atoms with Crippen LogP contribution in [-0.4, -0.2) is 0 Å². The number of benzene rings is 1. The Balaban J connectivity index is 2.02. The van der Waals surface area contributed by atoms with Crippen molar-refractivity contribution >= 4 is 22.6 Å². The molecule has 1 aromatic carbocycles. The van der Waals surface area contributed by atoms with Crippen LogP contribution in [0.1, 0.15) is 5.56 Å². The second kappa shape index (κ2) is 5.30. The fraction of sp³-hybridized carbons (Fsp3) is 0.154. The van der Waals surface area contributed by atoms with Gasteiger partial charge in [0.1, 0.15) is 13.7 Å². The largest absolute Gasteiger partial charge is 0.440 e. The highest BCUT2D eigenvalue weighted by Gasteiger charge is 2.05. The molecule has 0 unspecified atom stereocenters. The van der Waals surface area contributed by atoms with Crippen molar-refractivity contribution in [3.05, 3.63) is 57.8 Å². The van der Waals surface area contributed by atoms with E-state index < -0.39 is 0 Å². The lowest BCUT2D eigenvalue weighted by Crippen LogP contribution is -2.29. The summed E-state index contributed by atoms with van der Waals surface area (Å²) >= 11 is 2.30. The molecule has 2 rings (SSSR count). The number of aromatic nitrogens is 1. The van der Waals surface area contributed by atoms with Crippen molar-refractivity contribution in [1.29, 1.82) is 0 Å². The highest BCUT2D eigenvalue weighted by molar-refractivity contribution is 14.1. The lowest BCUT2D eigenvalue weighted by atomic mass is 10.2. The van der Waals surface area contributed by atoms with Crippen molar-refractivity contribution in [3.63, 3.8) is 0 Å². The van der Waals surface area contributed by atoms with Crippen LogP contribution in [0.2, 0.25) is 0 Å². The van der Waals surface area contributed by atoms with Gasteiger partial charge >= 0.3 is 5.88 Å². The van der Waals surface area contributed by atoms with E-state index in [1.807, 2.05) is 36.0 Å². The smallest absolute Gasteiger partial charge is 0.367 e. The normalized spacial score (nSPS) is 10.1. The van der Waals surface area contributed by atoms with E-state index in [1.54, 1.807) is 0 Å². The number of halogens is 1. The molecule has 0 aliphatic rings. The summed E-state index contributed by atoms with van der Waals surface area (Å²) in [5.74, 6) is 0.876. The molecule has 2 nitrogen and oxygen atoms in total. The molecule has 0 bridgehead atoms. The van der Waals surface area contributed by atoms with Crippen LogP contribution in [0, 0.1) is 3.57 Å². The molecule has 16 heavy (non-hydrogen) atoms. The molecule has 0 fully saturated rings. The van der Waals surface area contributed by atoms with Gasteiger partial charge in [-0.1, -0.05) is 12.1 Å². The molecule has 0 saturated heterocycles. The van der Waals surface area contributed by atoms with E-state index in [4.69, 9.17) is 4.74 Å². The molecular weight excluding hydrogens is 313 g/mol. The average Bonchev–Trinajstić information content (AvgIpc) is 2.30. The molecule has 1 heterocycles. The summed E-state index contributed by atoms with van der Waals surface area (Å²) in [6.07, 6.45) is 1.98. The molecule has 0 amide bonds. The summed E-state index contributed by atoms with van der Waals surface area (Å²) in [5, 5.41) is 0. The topological polar surface area (TPSA) is 13.1 Å². The zero-order valence-corrected chi connectivity index (χ0v) is 11.2. The summed E-state index contributed by atoms with van der Waals surface area (Å²) in [4.78, 5) is 0. The quantitative estimate of drug-likeness (QED) is 0.624. The first-order valence-corrected chi connectivity index (χ1v) is 6.15. The van der Waals surface area contributed by atoms with Crippen LogP contribution in [0.15, 0.2) is 48.7 Å². The van der Waals surface area contributed by atoms with Crippen LogP contribution < -0.4 is 9.30 Å². The number of ether oxygens (including phenoxy) is 1. The number of aryl methyl sites for hydroxylation is 1. The van der Waals surface area contributed by atoms with Crippen molar-refractivity contribution in [2.75, 3.05) is 0 Å². The fourth-order valence-electron chi connectivity index (χ4n) is 1.40. The van der Waals surface area contributed by atoms with Gasteiger partial charge in [0.15, 0.2) is 6.20 Å². The van der Waals surface area contributed by atoms with Crippen molar-refractivity contribution < 1.29 is 9.30 Å². The highest BCUT2D eigenvalue weighted by Crippen LogP contribution is 2.09. The van der Waals surface area contributed by atoms with E-state index in [-0.39, 0.29) is 0 Å². The molecule has 0 aliphatic heterocycles. The monoisotopic (exact) mass is 326 g/mol. The third-order valence-corrected chi connectivity index (χ3v) is 3.03. The van der Waals surface area contributed by atoms with Gasteiger partial charge in [0.25, 0.3) is 0 Å². The maximum Gasteiger partial charge on any atom is 0.367 e. The minimum Gasteiger partial charge on any atom is -0.440 e. The first kappa shape index (κ1) is 11.4. The van der Waals surface area contributed by atoms with Crippen LogP contribution in [-0.2, 0) is 13.7 Å². The summed E-state index contributed by atoms with van der Waals surface area (Å²) in [6.45, 7) is 0.606. The molecule has 3 heteroatoms. The van der Waals surface area contributed by atoms with E-state index in [0.29, 0.717) is 6.61 Å². The number of hydrogen-bond donors (Lipinski definition) is 0. The molecule has 82 valence electrons. The van der Waals surface area contributed by atoms with E-state index >= 15 is 0 Å². The second-order valence-corrected chi connectivity index (χ2v) is 4.81. The Morgan fingerprint density at radius 3 is 2.56 bits per heavy atom. The fourth-order valence-corrected chi connectivity index (χ4v) is 1.76. The Kier molecular flexibility index (Phi) is 3.77. The Bertz CT molecular complexity index is 468. The van der Waals surface area contributed by atoms with Crippen molar-refractivity contribution in [2.24, 2.45) is 7.05 Å². The predicted molar refractivity (Wildman–Crippen MR) is 71.1 cm³/mol. The van der Waals surface area contributed by atoms with Gasteiger partial charge in [-0.15, -0.1) is 0 Å². The molecule has 0 atom stereocenters. The van der Waals surface area contributed by atoms with Crippen LogP contribution in [0.4, 0.5) is 0 Å². The number of hydrogen-bond acceptors (Lipinski definition) is 1. The van der Waals surface area contributed by atoms with Gasteiger partial charge in [-0.25, -0.2) is 0 Å². The first-order valence-electron chi connectivity index (χ1n) is 5.07. The molecular formula is C13H13INO+. The molecule has 0 spiro atoms. The number of rotatable bonds is 3. The van der Waals surface area contributed by atoms with E-state index in [1.165, 1.54) is 9.13 Å². The van der Waals surface area contributed by atoms with Crippen molar-refractivity contribution in [3.8, 4) is 5.88 Å². The highest BCUT2D eigenvalue weighted by atomic mass is 127. The zero-order chi connectivity index (χ0) is 11.4. The Labute approximate surface area is 109 Å². The van der Waals surface area contributed by atoms with Gasteiger partial charge in [0.2, 0.25) is 0 Å². The molecule has 0 radical (unpaired) electrons. The third-order valence-electron chi connectivity index (χ3n) is 2.31. The van der Waals surface area contributed by atoms with Gasteiger partial charge in [-0.2, -0.15) is 4.57 Å². The maximum absolute atomic E-state index is 5.72. The van der Waals surface area contributed by atoms with Crippen LogP contribution >= 0.6 is 22.6 Å². The summed E-state index contributed by atoms with van der Waals surface area (Å²) < 4.78 is 8.93. The van der Waals surface area contributed by atoms with Crippen molar-refractivity contribution in [1.82, 2.24) is 0 Å². The van der Waals surface area contributed by atoms with Crippen LogP contribution in [0.25, 0.3) is 0 Å². The maximum atomic E-state index is 5.72. The number of nitrogens with zero attached hydrogens (tertiary/aromatic N) is 1. The minimum atomic E-state index is 0.606. The third kappa shape index (κ3) is 2.95. The standard InChI is InChI=1S/C13H13INO/c1-15-9-3-2-4-13(15)16-10-11-5-7-12(14)8-6-11/h2-9H,10H2,1H3/q+1. The van der Waals surface area contributed by atoms with Gasteiger partial charge < -0.3 is 4.74 Å². The van der Waals surface area contributed by atoms with Gasteiger partial charge in [0.05, 0.1) is 6.07 Å². The summed E-state index contributed by atoms with van der Waals surface area (Å²) in [7, 11) is 1.98. The summed E-state index contributed by atoms with van der Waals surface area (Å²) in [5.41, 5.74) is 1.18. The number of pyridine rings is 1. The zero-order valence-electron chi connectivity index (χ0n) is 9.06. The molecule has 0 saturated carbocycles. The lowest BCUT2D eigenvalue weighted by molar-refractivity contribution is -0.677. The molecule has 1 aromatic heterocycles. The molecule has 0 N–H and O–H groups in total. The summed E-state index contributed by atoms with van der Waals surface area (Å²) in [6, 6.07) is 14.3. The Morgan fingerprint density at radius 1 is 1.12 bits per heavy atom. The second-order valence-electron chi connectivity index (χ2n) is 3.56. The van der Waals surface area contributed by atoms with Gasteiger partial charge in [-0.05, 0) is 46.4 Å². The average molecular weight is 326 g/mol. The molecule has 2 aromatic rings.